The van der Waals surface area contributed by atoms with Crippen LogP contribution in [-0.4, -0.2) is 64.4 Å². The first-order valence-electron chi connectivity index (χ1n) is 9.65. The average Bonchev–Trinajstić information content (AvgIpc) is 3.37. The fourth-order valence-electron chi connectivity index (χ4n) is 3.80. The minimum absolute atomic E-state index is 0.0133. The molecular formula is C20H24N4O3S. The number of amides is 2. The number of aryl methyl sites for hydroxylation is 1. The quantitative estimate of drug-likeness (QED) is 0.787. The van der Waals surface area contributed by atoms with Crippen LogP contribution in [0.25, 0.3) is 0 Å². The lowest BCUT2D eigenvalue weighted by Crippen LogP contribution is -2.40. The van der Waals surface area contributed by atoms with Gasteiger partial charge in [0.2, 0.25) is 5.91 Å². The molecule has 0 spiro atoms. The largest absolute Gasteiger partial charge is 0.378 e. The number of ether oxygens (including phenoxy) is 1. The molecule has 2 fully saturated rings. The van der Waals surface area contributed by atoms with Crippen LogP contribution >= 0.6 is 11.3 Å². The molecule has 148 valence electrons. The first kappa shape index (κ1) is 19.0. The second kappa shape index (κ2) is 8.36. The van der Waals surface area contributed by atoms with Crippen molar-refractivity contribution >= 4 is 23.2 Å². The van der Waals surface area contributed by atoms with Gasteiger partial charge in [-0.2, -0.15) is 0 Å². The van der Waals surface area contributed by atoms with Crippen molar-refractivity contribution in [2.75, 3.05) is 32.8 Å². The van der Waals surface area contributed by atoms with Gasteiger partial charge in [0.15, 0.2) is 0 Å². The maximum atomic E-state index is 12.8. The van der Waals surface area contributed by atoms with Crippen molar-refractivity contribution in [3.05, 3.63) is 45.7 Å². The topological polar surface area (TPSA) is 75.6 Å². The van der Waals surface area contributed by atoms with E-state index >= 15 is 0 Å². The molecule has 4 rings (SSSR count). The number of aromatic nitrogens is 2. The van der Waals surface area contributed by atoms with Gasteiger partial charge in [0.05, 0.1) is 47.6 Å². The first-order chi connectivity index (χ1) is 13.6. The van der Waals surface area contributed by atoms with Crippen molar-refractivity contribution in [1.82, 2.24) is 19.8 Å². The van der Waals surface area contributed by atoms with Crippen molar-refractivity contribution < 1.29 is 14.3 Å². The maximum absolute atomic E-state index is 12.8. The monoisotopic (exact) mass is 400 g/mol. The molecule has 0 aromatic carbocycles. The summed E-state index contributed by atoms with van der Waals surface area (Å²) in [5.41, 5.74) is 2.26. The molecule has 2 amide bonds. The highest BCUT2D eigenvalue weighted by molar-refractivity contribution is 7.09. The molecule has 7 nitrogen and oxygen atoms in total. The SMILES string of the molecule is Cc1nc(CC(=O)N2CCC[C@H]2c2ccc(C(=O)N3CCOCC3)cn2)cs1. The zero-order valence-corrected chi connectivity index (χ0v) is 16.8. The normalized spacial score (nSPS) is 19.8. The average molecular weight is 401 g/mol. The van der Waals surface area contributed by atoms with Crippen molar-refractivity contribution in [2.45, 2.75) is 32.2 Å². The lowest BCUT2D eigenvalue weighted by Gasteiger charge is -2.27. The summed E-state index contributed by atoms with van der Waals surface area (Å²) >= 11 is 1.56. The van der Waals surface area contributed by atoms with E-state index in [9.17, 15) is 9.59 Å². The smallest absolute Gasteiger partial charge is 0.255 e. The van der Waals surface area contributed by atoms with Crippen LogP contribution in [0.4, 0.5) is 0 Å². The van der Waals surface area contributed by atoms with E-state index in [2.05, 4.69) is 9.97 Å². The van der Waals surface area contributed by atoms with E-state index in [1.807, 2.05) is 29.3 Å². The zero-order valence-electron chi connectivity index (χ0n) is 16.0. The third kappa shape index (κ3) is 4.07. The first-order valence-corrected chi connectivity index (χ1v) is 10.5. The Kier molecular flexibility index (Phi) is 5.68. The number of carbonyl (C=O) groups is 2. The van der Waals surface area contributed by atoms with Gasteiger partial charge in [-0.15, -0.1) is 11.3 Å². The second-order valence-corrected chi connectivity index (χ2v) is 8.22. The fraction of sp³-hybridized carbons (Fsp3) is 0.500. The van der Waals surface area contributed by atoms with E-state index in [1.165, 1.54) is 0 Å². The summed E-state index contributed by atoms with van der Waals surface area (Å²) in [6.45, 7) is 5.07. The van der Waals surface area contributed by atoms with Crippen LogP contribution in [0.15, 0.2) is 23.7 Å². The Hall–Kier alpha value is -2.32. The number of nitrogens with zero attached hydrogens (tertiary/aromatic N) is 4. The number of likely N-dealkylation sites (tertiary alicyclic amines) is 1. The standard InChI is InChI=1S/C20H24N4O3S/c1-14-22-16(13-28-14)11-19(25)24-6-2-3-18(24)17-5-4-15(12-21-17)20(26)23-7-9-27-10-8-23/h4-5,12-13,18H,2-3,6-11H2,1H3/t18-/m0/s1. The molecule has 0 aliphatic carbocycles. The van der Waals surface area contributed by atoms with Crippen LogP contribution in [0.2, 0.25) is 0 Å². The highest BCUT2D eigenvalue weighted by Crippen LogP contribution is 2.31. The molecule has 0 saturated carbocycles. The number of morpholine rings is 1. The predicted molar refractivity (Wildman–Crippen MR) is 105 cm³/mol. The van der Waals surface area contributed by atoms with Crippen LogP contribution < -0.4 is 0 Å². The Bertz CT molecular complexity index is 845. The number of hydrogen-bond donors (Lipinski definition) is 0. The highest BCUT2D eigenvalue weighted by Gasteiger charge is 2.31. The predicted octanol–water partition coefficient (Wildman–Crippen LogP) is 2.23. The lowest BCUT2D eigenvalue weighted by molar-refractivity contribution is -0.131. The summed E-state index contributed by atoms with van der Waals surface area (Å²) < 4.78 is 5.30. The van der Waals surface area contributed by atoms with Crippen molar-refractivity contribution in [3.63, 3.8) is 0 Å². The van der Waals surface area contributed by atoms with Gasteiger partial charge in [-0.05, 0) is 31.9 Å². The lowest BCUT2D eigenvalue weighted by atomic mass is 10.1. The van der Waals surface area contributed by atoms with Gasteiger partial charge < -0.3 is 14.5 Å². The molecular weight excluding hydrogens is 376 g/mol. The molecule has 0 bridgehead atoms. The molecule has 0 unspecified atom stereocenters. The van der Waals surface area contributed by atoms with Crippen molar-refractivity contribution in [2.24, 2.45) is 0 Å². The Morgan fingerprint density at radius 1 is 1.25 bits per heavy atom. The summed E-state index contributed by atoms with van der Waals surface area (Å²) in [5.74, 6) is 0.0728. The van der Waals surface area contributed by atoms with Crippen LogP contribution in [-0.2, 0) is 16.0 Å². The number of carbonyl (C=O) groups excluding carboxylic acids is 2. The molecule has 4 heterocycles. The van der Waals surface area contributed by atoms with Crippen LogP contribution in [0.1, 0.15) is 45.6 Å². The molecule has 2 aliphatic heterocycles. The van der Waals surface area contributed by atoms with E-state index in [-0.39, 0.29) is 17.9 Å². The molecule has 2 aliphatic rings. The van der Waals surface area contributed by atoms with Gasteiger partial charge in [0.25, 0.3) is 5.91 Å². The second-order valence-electron chi connectivity index (χ2n) is 7.16. The molecule has 2 aromatic heterocycles. The molecule has 2 saturated heterocycles. The molecule has 0 radical (unpaired) electrons. The van der Waals surface area contributed by atoms with Gasteiger partial charge in [-0.1, -0.05) is 0 Å². The van der Waals surface area contributed by atoms with E-state index in [0.29, 0.717) is 38.3 Å². The number of hydrogen-bond acceptors (Lipinski definition) is 6. The summed E-state index contributed by atoms with van der Waals surface area (Å²) in [6.07, 6.45) is 3.82. The summed E-state index contributed by atoms with van der Waals surface area (Å²) in [4.78, 5) is 38.0. The summed E-state index contributed by atoms with van der Waals surface area (Å²) in [7, 11) is 0. The van der Waals surface area contributed by atoms with E-state index in [0.717, 1.165) is 35.8 Å². The van der Waals surface area contributed by atoms with E-state index in [1.54, 1.807) is 22.4 Å². The van der Waals surface area contributed by atoms with Crippen LogP contribution in [0, 0.1) is 6.92 Å². The van der Waals surface area contributed by atoms with Crippen LogP contribution in [0.5, 0.6) is 0 Å². The molecule has 1 atom stereocenters. The van der Waals surface area contributed by atoms with E-state index in [4.69, 9.17) is 4.74 Å². The van der Waals surface area contributed by atoms with Gasteiger partial charge in [-0.25, -0.2) is 4.98 Å². The molecule has 0 N–H and O–H groups in total. The third-order valence-electron chi connectivity index (χ3n) is 5.25. The minimum atomic E-state index is -0.0280. The van der Waals surface area contributed by atoms with Crippen LogP contribution in [0.3, 0.4) is 0 Å². The Morgan fingerprint density at radius 2 is 2.07 bits per heavy atom. The third-order valence-corrected chi connectivity index (χ3v) is 6.07. The zero-order chi connectivity index (χ0) is 19.5. The van der Waals surface area contributed by atoms with Crippen molar-refractivity contribution in [3.8, 4) is 0 Å². The maximum Gasteiger partial charge on any atom is 0.255 e. The Morgan fingerprint density at radius 3 is 2.75 bits per heavy atom. The van der Waals surface area contributed by atoms with Gasteiger partial charge in [0.1, 0.15) is 0 Å². The summed E-state index contributed by atoms with van der Waals surface area (Å²) in [6, 6.07) is 3.68. The number of rotatable bonds is 4. The summed E-state index contributed by atoms with van der Waals surface area (Å²) in [5, 5.41) is 2.92. The minimum Gasteiger partial charge on any atom is -0.378 e. The fourth-order valence-corrected chi connectivity index (χ4v) is 4.41. The number of thiazole rings is 1. The van der Waals surface area contributed by atoms with Gasteiger partial charge in [-0.3, -0.25) is 14.6 Å². The molecule has 2 aromatic rings. The Balaban J connectivity index is 1.43. The van der Waals surface area contributed by atoms with E-state index < -0.39 is 0 Å². The molecule has 28 heavy (non-hydrogen) atoms. The Labute approximate surface area is 168 Å². The molecule has 8 heteroatoms. The number of pyridine rings is 1. The van der Waals surface area contributed by atoms with Crippen molar-refractivity contribution in [1.29, 1.82) is 0 Å². The van der Waals surface area contributed by atoms with Gasteiger partial charge >= 0.3 is 0 Å². The highest BCUT2D eigenvalue weighted by atomic mass is 32.1. The van der Waals surface area contributed by atoms with Gasteiger partial charge in [0, 0.05) is 31.2 Å².